The number of carbonyl (C=O) groups is 1. The number of carbonyl (C=O) groups excluding carboxylic acids is 1. The molecule has 2 nitrogen and oxygen atoms in total. The van der Waals surface area contributed by atoms with E-state index in [2.05, 4.69) is 57.2 Å². The van der Waals surface area contributed by atoms with Gasteiger partial charge in [0.05, 0.1) is 11.5 Å². The van der Waals surface area contributed by atoms with Crippen molar-refractivity contribution in [2.24, 2.45) is 5.41 Å². The maximum absolute atomic E-state index is 13.1. The van der Waals surface area contributed by atoms with E-state index in [-0.39, 0.29) is 17.4 Å². The zero-order valence-corrected chi connectivity index (χ0v) is 14.3. The summed E-state index contributed by atoms with van der Waals surface area (Å²) in [6.07, 6.45) is 1.76. The van der Waals surface area contributed by atoms with E-state index < -0.39 is 0 Å². The van der Waals surface area contributed by atoms with Gasteiger partial charge in [-0.25, -0.2) is 0 Å². The second kappa shape index (κ2) is 6.19. The highest BCUT2D eigenvalue weighted by atomic mass is 16.2. The average molecular weight is 307 g/mol. The van der Waals surface area contributed by atoms with Crippen molar-refractivity contribution in [3.8, 4) is 0 Å². The number of nitrogens with zero attached hydrogens (tertiary/aromatic N) is 1. The molecule has 1 fully saturated rings. The van der Waals surface area contributed by atoms with Crippen LogP contribution in [0.2, 0.25) is 0 Å². The average Bonchev–Trinajstić information content (AvgIpc) is 2.85. The lowest BCUT2D eigenvalue weighted by atomic mass is 9.81. The molecule has 0 aromatic heterocycles. The molecule has 120 valence electrons. The molecule has 0 radical (unpaired) electrons. The Hall–Kier alpha value is -2.09. The second-order valence-electron chi connectivity index (χ2n) is 7.00. The van der Waals surface area contributed by atoms with Gasteiger partial charge in [-0.1, -0.05) is 61.5 Å². The van der Waals surface area contributed by atoms with Crippen LogP contribution >= 0.6 is 0 Å². The van der Waals surface area contributed by atoms with Crippen molar-refractivity contribution in [1.29, 1.82) is 0 Å². The largest absolute Gasteiger partial charge is 0.335 e. The van der Waals surface area contributed by atoms with Crippen molar-refractivity contribution < 1.29 is 4.79 Å². The fourth-order valence-corrected chi connectivity index (χ4v) is 3.60. The van der Waals surface area contributed by atoms with Crippen molar-refractivity contribution in [3.05, 3.63) is 71.3 Å². The maximum Gasteiger partial charge on any atom is 0.229 e. The third-order valence-electron chi connectivity index (χ3n) is 5.27. The summed E-state index contributed by atoms with van der Waals surface area (Å²) in [7, 11) is 0. The molecule has 0 saturated carbocycles. The highest BCUT2D eigenvalue weighted by Crippen LogP contribution is 2.39. The van der Waals surface area contributed by atoms with Gasteiger partial charge in [-0.05, 0) is 43.4 Å². The van der Waals surface area contributed by atoms with E-state index in [1.54, 1.807) is 0 Å². The summed E-state index contributed by atoms with van der Waals surface area (Å²) in [5.74, 6) is 0.289. The lowest BCUT2D eigenvalue weighted by molar-refractivity contribution is -0.137. The summed E-state index contributed by atoms with van der Waals surface area (Å²) >= 11 is 0. The van der Waals surface area contributed by atoms with E-state index in [1.807, 2.05) is 23.1 Å². The first kappa shape index (κ1) is 15.8. The molecule has 0 unspecified atom stereocenters. The van der Waals surface area contributed by atoms with Crippen LogP contribution in [0.1, 0.15) is 43.0 Å². The molecule has 1 saturated heterocycles. The molecule has 1 amide bonds. The zero-order valence-electron chi connectivity index (χ0n) is 14.3. The molecule has 2 atom stereocenters. The smallest absolute Gasteiger partial charge is 0.229 e. The first-order valence-electron chi connectivity index (χ1n) is 8.42. The van der Waals surface area contributed by atoms with Crippen LogP contribution in [-0.4, -0.2) is 17.4 Å². The molecule has 2 aromatic carbocycles. The van der Waals surface area contributed by atoms with E-state index in [0.717, 1.165) is 19.4 Å². The summed E-state index contributed by atoms with van der Waals surface area (Å²) in [5, 5.41) is 0. The Bertz CT molecular complexity index is 694. The molecule has 1 aliphatic rings. The maximum atomic E-state index is 13.1. The third kappa shape index (κ3) is 3.03. The van der Waals surface area contributed by atoms with Gasteiger partial charge in [0, 0.05) is 6.54 Å². The monoisotopic (exact) mass is 307 g/mol. The number of amides is 1. The van der Waals surface area contributed by atoms with Gasteiger partial charge in [0.1, 0.15) is 0 Å². The van der Waals surface area contributed by atoms with Crippen LogP contribution in [0.15, 0.2) is 54.6 Å². The summed E-state index contributed by atoms with van der Waals surface area (Å²) in [6.45, 7) is 7.23. The summed E-state index contributed by atoms with van der Waals surface area (Å²) < 4.78 is 0. The van der Waals surface area contributed by atoms with Crippen LogP contribution in [0.3, 0.4) is 0 Å². The SMILES string of the molecule is Cc1ccccc1C[C@]1(C)CCN([C@@H](C)c2ccccc2)C1=O. The Morgan fingerprint density at radius 3 is 2.43 bits per heavy atom. The fraction of sp³-hybridized carbons (Fsp3) is 0.381. The molecule has 2 heteroatoms. The molecular weight excluding hydrogens is 282 g/mol. The molecule has 2 aromatic rings. The number of hydrogen-bond acceptors (Lipinski definition) is 1. The van der Waals surface area contributed by atoms with E-state index in [1.165, 1.54) is 16.7 Å². The Labute approximate surface area is 139 Å². The third-order valence-corrected chi connectivity index (χ3v) is 5.27. The quantitative estimate of drug-likeness (QED) is 0.812. The van der Waals surface area contributed by atoms with E-state index in [9.17, 15) is 4.79 Å². The fourth-order valence-electron chi connectivity index (χ4n) is 3.60. The lowest BCUT2D eigenvalue weighted by Gasteiger charge is -2.28. The predicted molar refractivity (Wildman–Crippen MR) is 94.2 cm³/mol. The van der Waals surface area contributed by atoms with Crippen LogP contribution < -0.4 is 0 Å². The van der Waals surface area contributed by atoms with Gasteiger partial charge in [0.15, 0.2) is 0 Å². The van der Waals surface area contributed by atoms with Gasteiger partial charge < -0.3 is 4.90 Å². The summed E-state index contributed by atoms with van der Waals surface area (Å²) in [4.78, 5) is 15.1. The van der Waals surface area contributed by atoms with Gasteiger partial charge in [-0.2, -0.15) is 0 Å². The Morgan fingerprint density at radius 2 is 1.74 bits per heavy atom. The van der Waals surface area contributed by atoms with Crippen LogP contribution in [-0.2, 0) is 11.2 Å². The normalized spacial score (nSPS) is 22.4. The topological polar surface area (TPSA) is 20.3 Å². The molecule has 23 heavy (non-hydrogen) atoms. The summed E-state index contributed by atoms with van der Waals surface area (Å²) in [6, 6.07) is 18.9. The summed E-state index contributed by atoms with van der Waals surface area (Å²) in [5.41, 5.74) is 3.49. The predicted octanol–water partition coefficient (Wildman–Crippen LogP) is 4.54. The van der Waals surface area contributed by atoms with Gasteiger partial charge in [0.2, 0.25) is 5.91 Å². The van der Waals surface area contributed by atoms with E-state index in [0.29, 0.717) is 0 Å². The molecule has 0 bridgehead atoms. The van der Waals surface area contributed by atoms with E-state index in [4.69, 9.17) is 0 Å². The van der Waals surface area contributed by atoms with Gasteiger partial charge in [-0.3, -0.25) is 4.79 Å². The minimum atomic E-state index is -0.283. The molecule has 0 N–H and O–H groups in total. The minimum absolute atomic E-state index is 0.141. The van der Waals surface area contributed by atoms with Crippen LogP contribution in [0.25, 0.3) is 0 Å². The number of rotatable bonds is 4. The van der Waals surface area contributed by atoms with Gasteiger partial charge >= 0.3 is 0 Å². The van der Waals surface area contributed by atoms with E-state index >= 15 is 0 Å². The molecular formula is C21H25NO. The Morgan fingerprint density at radius 1 is 1.09 bits per heavy atom. The van der Waals surface area contributed by atoms with Crippen molar-refractivity contribution in [1.82, 2.24) is 4.90 Å². The molecule has 0 aliphatic carbocycles. The highest BCUT2D eigenvalue weighted by molar-refractivity contribution is 5.85. The second-order valence-corrected chi connectivity index (χ2v) is 7.00. The highest BCUT2D eigenvalue weighted by Gasteiger charge is 2.44. The zero-order chi connectivity index (χ0) is 16.4. The van der Waals surface area contributed by atoms with Crippen molar-refractivity contribution in [3.63, 3.8) is 0 Å². The van der Waals surface area contributed by atoms with Crippen LogP contribution in [0.5, 0.6) is 0 Å². The first-order chi connectivity index (χ1) is 11.0. The Kier molecular flexibility index (Phi) is 4.25. The van der Waals surface area contributed by atoms with Crippen LogP contribution in [0.4, 0.5) is 0 Å². The Balaban J connectivity index is 1.79. The molecule has 1 aliphatic heterocycles. The lowest BCUT2D eigenvalue weighted by Crippen LogP contribution is -2.35. The number of hydrogen-bond donors (Lipinski definition) is 0. The van der Waals surface area contributed by atoms with Gasteiger partial charge in [-0.15, -0.1) is 0 Å². The number of aryl methyl sites for hydroxylation is 1. The van der Waals surface area contributed by atoms with Gasteiger partial charge in [0.25, 0.3) is 0 Å². The molecule has 0 spiro atoms. The first-order valence-corrected chi connectivity index (χ1v) is 8.42. The van der Waals surface area contributed by atoms with Crippen LogP contribution in [0, 0.1) is 12.3 Å². The number of likely N-dealkylation sites (tertiary alicyclic amines) is 1. The van der Waals surface area contributed by atoms with Crippen molar-refractivity contribution in [2.75, 3.05) is 6.54 Å². The molecule has 3 rings (SSSR count). The van der Waals surface area contributed by atoms with Crippen molar-refractivity contribution >= 4 is 5.91 Å². The van der Waals surface area contributed by atoms with Crippen molar-refractivity contribution in [2.45, 2.75) is 39.7 Å². The number of benzene rings is 2. The minimum Gasteiger partial charge on any atom is -0.335 e. The standard InChI is InChI=1S/C21H25NO/c1-16-9-7-8-12-19(16)15-21(3)13-14-22(20(21)23)17(2)18-10-5-4-6-11-18/h4-12,17H,13-15H2,1-3H3/t17-,21-/m0/s1. The molecule has 1 heterocycles.